The van der Waals surface area contributed by atoms with Gasteiger partial charge in [0, 0.05) is 30.4 Å². The molecule has 0 saturated carbocycles. The highest BCUT2D eigenvalue weighted by atomic mass is 19.1. The van der Waals surface area contributed by atoms with Crippen molar-refractivity contribution in [2.75, 3.05) is 11.7 Å². The van der Waals surface area contributed by atoms with E-state index in [1.807, 2.05) is 62.2 Å². The fourth-order valence-electron chi connectivity index (χ4n) is 4.83. The van der Waals surface area contributed by atoms with E-state index in [0.29, 0.717) is 0 Å². The Morgan fingerprint density at radius 2 is 1.85 bits per heavy atom. The van der Waals surface area contributed by atoms with Crippen molar-refractivity contribution in [2.45, 2.75) is 46.0 Å². The Balaban J connectivity index is 1.58. The van der Waals surface area contributed by atoms with Crippen LogP contribution in [0.5, 0.6) is 5.75 Å². The molecule has 0 fully saturated rings. The summed E-state index contributed by atoms with van der Waals surface area (Å²) in [6.07, 6.45) is 3.33. The molecular formula is C29H28F2N4O4. The molecule has 2 amide bonds. The lowest BCUT2D eigenvalue weighted by Crippen LogP contribution is -2.58. The third-order valence-corrected chi connectivity index (χ3v) is 7.21. The summed E-state index contributed by atoms with van der Waals surface area (Å²) in [5, 5.41) is 4.42. The Morgan fingerprint density at radius 1 is 1.10 bits per heavy atom. The van der Waals surface area contributed by atoms with Crippen molar-refractivity contribution in [1.29, 1.82) is 0 Å². The summed E-state index contributed by atoms with van der Waals surface area (Å²) in [6.45, 7) is 5.83. The first kappa shape index (κ1) is 26.1. The number of fused-ring (bicyclic) bond motifs is 4. The average Bonchev–Trinajstić information content (AvgIpc) is 3.01. The molecule has 10 heteroatoms. The number of halogens is 2. The summed E-state index contributed by atoms with van der Waals surface area (Å²) in [4.78, 5) is 42.3. The summed E-state index contributed by atoms with van der Waals surface area (Å²) in [7, 11) is 0. The lowest BCUT2D eigenvalue weighted by Gasteiger charge is -2.42. The zero-order valence-corrected chi connectivity index (χ0v) is 21.8. The molecule has 202 valence electrons. The van der Waals surface area contributed by atoms with Crippen LogP contribution in [0.3, 0.4) is 0 Å². The second-order valence-electron chi connectivity index (χ2n) is 9.77. The Labute approximate surface area is 224 Å². The van der Waals surface area contributed by atoms with Crippen molar-refractivity contribution >= 4 is 11.8 Å². The highest BCUT2D eigenvalue weighted by Gasteiger charge is 2.40. The number of benzene rings is 2. The number of carbonyl (C=O) groups is 2. The van der Waals surface area contributed by atoms with Gasteiger partial charge in [0.25, 0.3) is 11.8 Å². The van der Waals surface area contributed by atoms with E-state index >= 15 is 0 Å². The Kier molecular flexibility index (Phi) is 6.94. The van der Waals surface area contributed by atoms with Crippen LogP contribution in [0.1, 0.15) is 52.7 Å². The summed E-state index contributed by atoms with van der Waals surface area (Å²) in [5.74, 6) is -2.96. The predicted octanol–water partition coefficient (Wildman–Crippen LogP) is 3.72. The fourth-order valence-corrected chi connectivity index (χ4v) is 4.83. The van der Waals surface area contributed by atoms with Crippen LogP contribution in [0, 0.1) is 11.6 Å². The Hall–Kier alpha value is -4.47. The molecule has 3 heterocycles. The van der Waals surface area contributed by atoms with Crippen LogP contribution in [0.15, 0.2) is 71.2 Å². The number of ether oxygens (including phenoxy) is 1. The molecular weight excluding hydrogens is 506 g/mol. The highest BCUT2D eigenvalue weighted by molar-refractivity contribution is 5.99. The highest BCUT2D eigenvalue weighted by Crippen LogP contribution is 2.29. The maximum Gasteiger partial charge on any atom is 0.278 e. The van der Waals surface area contributed by atoms with Gasteiger partial charge in [0.2, 0.25) is 5.43 Å². The molecule has 0 radical (unpaired) electrons. The Morgan fingerprint density at radius 3 is 2.56 bits per heavy atom. The molecule has 0 unspecified atom stereocenters. The second kappa shape index (κ2) is 10.4. The number of carbonyl (C=O) groups excluding carboxylic acids is 2. The number of pyridine rings is 1. The first-order chi connectivity index (χ1) is 18.7. The first-order valence-electron chi connectivity index (χ1n) is 12.6. The van der Waals surface area contributed by atoms with Crippen molar-refractivity contribution in [1.82, 2.24) is 14.9 Å². The summed E-state index contributed by atoms with van der Waals surface area (Å²) < 4.78 is 34.9. The van der Waals surface area contributed by atoms with Gasteiger partial charge in [-0.25, -0.2) is 8.78 Å². The molecule has 1 aromatic heterocycles. The Bertz CT molecular complexity index is 1540. The molecule has 2 bridgehead atoms. The van der Waals surface area contributed by atoms with Crippen molar-refractivity contribution in [3.63, 3.8) is 0 Å². The van der Waals surface area contributed by atoms with Crippen LogP contribution in [-0.4, -0.2) is 40.1 Å². The minimum absolute atomic E-state index is 0.00457. The number of hydrogen-bond acceptors (Lipinski definition) is 5. The predicted molar refractivity (Wildman–Crippen MR) is 141 cm³/mol. The summed E-state index contributed by atoms with van der Waals surface area (Å²) in [5.41, 5.74) is 0.868. The number of amides is 2. The molecule has 0 spiro atoms. The summed E-state index contributed by atoms with van der Waals surface area (Å²) in [6, 6.07) is 11.8. The van der Waals surface area contributed by atoms with Crippen molar-refractivity contribution in [3.05, 3.63) is 111 Å². The molecule has 2 aliphatic rings. The van der Waals surface area contributed by atoms with Crippen LogP contribution < -0.4 is 20.5 Å². The van der Waals surface area contributed by atoms with Gasteiger partial charge in [-0.3, -0.25) is 24.1 Å². The van der Waals surface area contributed by atoms with Gasteiger partial charge >= 0.3 is 0 Å². The average molecular weight is 535 g/mol. The molecule has 2 aromatic carbocycles. The minimum atomic E-state index is -0.815. The number of rotatable bonds is 6. The number of nitrogens with one attached hydrogen (secondary N) is 1. The van der Waals surface area contributed by atoms with Gasteiger partial charge in [-0.2, -0.15) is 0 Å². The standard InChI is InChI=1S/C29H28F2N4O4/c1-17-11-18(2)33-16-35(19(17)3)34-14-23(28(37)32-13-21-9-10-22(30)12-24(21)31)26(36)27(25(34)29(33)38)39-15-20-7-5-4-6-8-20/h4-12,14,18-19H,13,15-16H2,1-3H3,(H,32,37)/t18-,19+/m0/s1. The van der Waals surface area contributed by atoms with E-state index in [1.54, 1.807) is 4.90 Å². The SMILES string of the molecule is CC1=C[C@H](C)N2CN([C@@H]1C)n1cc(C(=O)NCc3ccc(F)cc3F)c(=O)c(OCc3ccccc3)c1C2=O. The van der Waals surface area contributed by atoms with Crippen LogP contribution in [0.4, 0.5) is 8.78 Å². The van der Waals surface area contributed by atoms with Gasteiger partial charge in [0.05, 0.1) is 6.04 Å². The molecule has 3 aromatic rings. The quantitative estimate of drug-likeness (QED) is 0.488. The molecule has 39 heavy (non-hydrogen) atoms. The largest absolute Gasteiger partial charge is 0.482 e. The van der Waals surface area contributed by atoms with Gasteiger partial charge in [-0.15, -0.1) is 0 Å². The zero-order chi connectivity index (χ0) is 27.8. The molecule has 2 aliphatic heterocycles. The normalized spacial score (nSPS) is 18.3. The molecule has 5 rings (SSSR count). The third kappa shape index (κ3) is 4.89. The lowest BCUT2D eigenvalue weighted by atomic mass is 10.1. The molecule has 1 N–H and O–H groups in total. The molecule has 2 atom stereocenters. The van der Waals surface area contributed by atoms with Gasteiger partial charge in [0.15, 0.2) is 11.4 Å². The fraction of sp³-hybridized carbons (Fsp3) is 0.276. The van der Waals surface area contributed by atoms with Gasteiger partial charge in [-0.05, 0) is 32.4 Å². The van der Waals surface area contributed by atoms with Crippen LogP contribution in [-0.2, 0) is 13.2 Å². The number of nitrogens with zero attached hydrogens (tertiary/aromatic N) is 3. The van der Waals surface area contributed by atoms with E-state index in [-0.39, 0.29) is 54.5 Å². The molecule has 0 saturated heterocycles. The van der Waals surface area contributed by atoms with Gasteiger partial charge in [0.1, 0.15) is 30.5 Å². The zero-order valence-electron chi connectivity index (χ0n) is 21.8. The lowest BCUT2D eigenvalue weighted by molar-refractivity contribution is 0.0649. The van der Waals surface area contributed by atoms with Crippen molar-refractivity contribution in [2.24, 2.45) is 0 Å². The monoisotopic (exact) mass is 534 g/mol. The van der Waals surface area contributed by atoms with E-state index in [1.165, 1.54) is 16.9 Å². The van der Waals surface area contributed by atoms with E-state index < -0.39 is 28.9 Å². The van der Waals surface area contributed by atoms with Crippen molar-refractivity contribution < 1.29 is 23.1 Å². The smallest absolute Gasteiger partial charge is 0.278 e. The third-order valence-electron chi connectivity index (χ3n) is 7.21. The first-order valence-corrected chi connectivity index (χ1v) is 12.6. The van der Waals surface area contributed by atoms with Crippen LogP contribution in [0.25, 0.3) is 0 Å². The topological polar surface area (TPSA) is 83.9 Å². The van der Waals surface area contributed by atoms with E-state index in [0.717, 1.165) is 23.3 Å². The van der Waals surface area contributed by atoms with Crippen LogP contribution in [0.2, 0.25) is 0 Å². The molecule has 0 aliphatic carbocycles. The van der Waals surface area contributed by atoms with Crippen LogP contribution >= 0.6 is 0 Å². The number of hydrogen-bond donors (Lipinski definition) is 1. The minimum Gasteiger partial charge on any atom is -0.482 e. The van der Waals surface area contributed by atoms with E-state index in [4.69, 9.17) is 4.74 Å². The number of aromatic nitrogens is 1. The molecule has 8 nitrogen and oxygen atoms in total. The van der Waals surface area contributed by atoms with Gasteiger partial charge in [-0.1, -0.05) is 48.0 Å². The van der Waals surface area contributed by atoms with E-state index in [9.17, 15) is 23.2 Å². The second-order valence-corrected chi connectivity index (χ2v) is 9.77. The summed E-state index contributed by atoms with van der Waals surface area (Å²) >= 11 is 0. The van der Waals surface area contributed by atoms with Crippen molar-refractivity contribution in [3.8, 4) is 5.75 Å². The van der Waals surface area contributed by atoms with Gasteiger partial charge < -0.3 is 15.0 Å². The maximum atomic E-state index is 14.1. The maximum absolute atomic E-state index is 14.1. The van der Waals surface area contributed by atoms with E-state index in [2.05, 4.69) is 5.32 Å².